The van der Waals surface area contributed by atoms with E-state index in [1.54, 1.807) is 19.3 Å². The number of rotatable bonds is 5. The number of carbonyl (C=O) groups excluding carboxylic acids is 1. The molecule has 0 aliphatic carbocycles. The summed E-state index contributed by atoms with van der Waals surface area (Å²) in [7, 11) is 1.82. The molecule has 0 unspecified atom stereocenters. The van der Waals surface area contributed by atoms with Crippen molar-refractivity contribution in [1.29, 1.82) is 0 Å². The zero-order valence-corrected chi connectivity index (χ0v) is 17.8. The van der Waals surface area contributed by atoms with Crippen molar-refractivity contribution in [1.82, 2.24) is 24.7 Å². The molecule has 32 heavy (non-hydrogen) atoms. The number of aryl methyl sites for hydroxylation is 3. The second-order valence-corrected chi connectivity index (χ2v) is 7.78. The highest BCUT2D eigenvalue weighted by Gasteiger charge is 2.33. The molecule has 11 heteroatoms. The SMILES string of the molecule is Cc1nc(CCc2cnn(Cc3ccncc3C(F)(F)F)c2)nc2c1NC(=O)[C@H](C)N2C. The minimum atomic E-state index is -4.47. The summed E-state index contributed by atoms with van der Waals surface area (Å²) >= 11 is 0. The van der Waals surface area contributed by atoms with Crippen molar-refractivity contribution >= 4 is 17.4 Å². The van der Waals surface area contributed by atoms with Gasteiger partial charge in [-0.1, -0.05) is 0 Å². The summed E-state index contributed by atoms with van der Waals surface area (Å²) in [6.45, 7) is 3.62. The fourth-order valence-electron chi connectivity index (χ4n) is 3.58. The number of nitrogens with zero attached hydrogens (tertiary/aromatic N) is 6. The maximum Gasteiger partial charge on any atom is 0.418 e. The van der Waals surface area contributed by atoms with E-state index in [0.29, 0.717) is 35.9 Å². The minimum Gasteiger partial charge on any atom is -0.346 e. The Bertz CT molecular complexity index is 1160. The van der Waals surface area contributed by atoms with E-state index < -0.39 is 11.7 Å². The Morgan fingerprint density at radius 1 is 1.19 bits per heavy atom. The largest absolute Gasteiger partial charge is 0.418 e. The molecular formula is C21H22F3N7O. The fourth-order valence-corrected chi connectivity index (χ4v) is 3.58. The Hall–Kier alpha value is -3.50. The molecule has 0 saturated carbocycles. The Kier molecular flexibility index (Phi) is 5.57. The number of pyridine rings is 1. The Labute approximate surface area is 182 Å². The second kappa shape index (κ2) is 8.21. The number of alkyl halides is 3. The molecule has 4 rings (SSSR count). The number of halogens is 3. The molecule has 1 N–H and O–H groups in total. The molecule has 3 aromatic rings. The first-order valence-corrected chi connectivity index (χ1v) is 10.1. The third-order valence-corrected chi connectivity index (χ3v) is 5.53. The molecule has 1 atom stereocenters. The van der Waals surface area contributed by atoms with Crippen molar-refractivity contribution in [3.8, 4) is 0 Å². The van der Waals surface area contributed by atoms with Crippen molar-refractivity contribution in [2.45, 2.75) is 45.5 Å². The van der Waals surface area contributed by atoms with Crippen LogP contribution in [0.5, 0.6) is 0 Å². The van der Waals surface area contributed by atoms with E-state index in [-0.39, 0.29) is 24.1 Å². The molecule has 1 amide bonds. The van der Waals surface area contributed by atoms with Gasteiger partial charge in [0.05, 0.1) is 24.0 Å². The molecule has 1 aliphatic heterocycles. The number of nitrogens with one attached hydrogen (secondary N) is 1. The van der Waals surface area contributed by atoms with Crippen LogP contribution in [-0.2, 0) is 30.4 Å². The number of hydrogen-bond donors (Lipinski definition) is 1. The van der Waals surface area contributed by atoms with Crippen LogP contribution in [0.15, 0.2) is 30.9 Å². The van der Waals surface area contributed by atoms with Gasteiger partial charge in [-0.3, -0.25) is 14.5 Å². The molecule has 0 bridgehead atoms. The van der Waals surface area contributed by atoms with E-state index in [0.717, 1.165) is 11.8 Å². The smallest absolute Gasteiger partial charge is 0.346 e. The molecule has 3 aromatic heterocycles. The summed E-state index contributed by atoms with van der Waals surface area (Å²) in [5.74, 6) is 1.19. The number of fused-ring (bicyclic) bond motifs is 1. The van der Waals surface area contributed by atoms with Gasteiger partial charge in [-0.25, -0.2) is 9.97 Å². The van der Waals surface area contributed by atoms with Crippen molar-refractivity contribution in [2.75, 3.05) is 17.3 Å². The average Bonchev–Trinajstić information content (AvgIpc) is 3.18. The zero-order valence-electron chi connectivity index (χ0n) is 17.8. The summed E-state index contributed by atoms with van der Waals surface area (Å²) in [5.41, 5.74) is 1.51. The Balaban J connectivity index is 1.47. The van der Waals surface area contributed by atoms with E-state index in [9.17, 15) is 18.0 Å². The average molecular weight is 445 g/mol. The van der Waals surface area contributed by atoms with Crippen LogP contribution in [-0.4, -0.2) is 43.7 Å². The van der Waals surface area contributed by atoms with Crippen LogP contribution in [0.3, 0.4) is 0 Å². The monoisotopic (exact) mass is 445 g/mol. The van der Waals surface area contributed by atoms with Gasteiger partial charge in [0.1, 0.15) is 17.6 Å². The second-order valence-electron chi connectivity index (χ2n) is 7.78. The summed E-state index contributed by atoms with van der Waals surface area (Å²) in [6, 6.07) is 1.02. The van der Waals surface area contributed by atoms with Crippen molar-refractivity contribution in [3.63, 3.8) is 0 Å². The first-order chi connectivity index (χ1) is 15.1. The van der Waals surface area contributed by atoms with Crippen LogP contribution in [0.4, 0.5) is 24.7 Å². The molecule has 168 valence electrons. The molecule has 0 fully saturated rings. The number of carbonyl (C=O) groups is 1. The van der Waals surface area contributed by atoms with E-state index >= 15 is 0 Å². The highest BCUT2D eigenvalue weighted by molar-refractivity contribution is 6.02. The third-order valence-electron chi connectivity index (χ3n) is 5.53. The van der Waals surface area contributed by atoms with E-state index in [4.69, 9.17) is 0 Å². The van der Waals surface area contributed by atoms with Gasteiger partial charge in [-0.05, 0) is 37.5 Å². The standard InChI is InChI=1S/C21H22F3N7O/c1-12-18-19(30(3)13(2)20(32)29-18)28-17(27-12)5-4-14-8-26-31(10-14)11-15-6-7-25-9-16(15)21(22,23)24/h6-10,13H,4-5,11H2,1-3H3,(H,29,32)/t13-/m0/s1. The van der Waals surface area contributed by atoms with Crippen LogP contribution < -0.4 is 10.2 Å². The van der Waals surface area contributed by atoms with Gasteiger partial charge in [-0.2, -0.15) is 18.3 Å². The molecule has 8 nitrogen and oxygen atoms in total. The van der Waals surface area contributed by atoms with Crippen LogP contribution in [0, 0.1) is 6.92 Å². The number of aromatic nitrogens is 5. The van der Waals surface area contributed by atoms with Crippen LogP contribution in [0.25, 0.3) is 0 Å². The van der Waals surface area contributed by atoms with E-state index in [1.807, 2.05) is 18.9 Å². The van der Waals surface area contributed by atoms with Crippen molar-refractivity contribution in [2.24, 2.45) is 0 Å². The Morgan fingerprint density at radius 3 is 2.72 bits per heavy atom. The van der Waals surface area contributed by atoms with Crippen molar-refractivity contribution < 1.29 is 18.0 Å². The first-order valence-electron chi connectivity index (χ1n) is 10.1. The predicted molar refractivity (Wildman–Crippen MR) is 111 cm³/mol. The third kappa shape index (κ3) is 4.27. The highest BCUT2D eigenvalue weighted by Crippen LogP contribution is 2.32. The highest BCUT2D eigenvalue weighted by atomic mass is 19.4. The summed E-state index contributed by atoms with van der Waals surface area (Å²) < 4.78 is 41.0. The molecule has 4 heterocycles. The van der Waals surface area contributed by atoms with Gasteiger partial charge in [-0.15, -0.1) is 0 Å². The quantitative estimate of drug-likeness (QED) is 0.650. The topological polar surface area (TPSA) is 88.8 Å². The fraction of sp³-hybridized carbons (Fsp3) is 0.381. The van der Waals surface area contributed by atoms with Crippen LogP contribution >= 0.6 is 0 Å². The molecule has 1 aliphatic rings. The number of hydrogen-bond acceptors (Lipinski definition) is 6. The molecule has 0 aromatic carbocycles. The van der Waals surface area contributed by atoms with Gasteiger partial charge < -0.3 is 10.2 Å². The lowest BCUT2D eigenvalue weighted by molar-refractivity contribution is -0.138. The number of anilines is 2. The maximum atomic E-state index is 13.2. The predicted octanol–water partition coefficient (Wildman–Crippen LogP) is 3.01. The normalized spacial score (nSPS) is 16.1. The molecular weight excluding hydrogens is 423 g/mol. The number of amides is 1. The van der Waals surface area contributed by atoms with E-state index in [1.165, 1.54) is 16.9 Å². The lowest BCUT2D eigenvalue weighted by Gasteiger charge is -2.32. The minimum absolute atomic E-state index is 0.00576. The van der Waals surface area contributed by atoms with E-state index in [2.05, 4.69) is 25.4 Å². The maximum absolute atomic E-state index is 13.2. The van der Waals surface area contributed by atoms with Gasteiger partial charge >= 0.3 is 6.18 Å². The molecule has 0 saturated heterocycles. The molecule has 0 spiro atoms. The Morgan fingerprint density at radius 2 is 1.97 bits per heavy atom. The summed E-state index contributed by atoms with van der Waals surface area (Å²) in [5, 5.41) is 7.04. The lowest BCUT2D eigenvalue weighted by atomic mass is 10.1. The zero-order chi connectivity index (χ0) is 23.0. The van der Waals surface area contributed by atoms with Crippen LogP contribution in [0.1, 0.15) is 35.1 Å². The van der Waals surface area contributed by atoms with Gasteiger partial charge in [0.25, 0.3) is 0 Å². The van der Waals surface area contributed by atoms with Gasteiger partial charge in [0.2, 0.25) is 5.91 Å². The van der Waals surface area contributed by atoms with Crippen molar-refractivity contribution in [3.05, 3.63) is 59.1 Å². The van der Waals surface area contributed by atoms with Crippen LogP contribution in [0.2, 0.25) is 0 Å². The molecule has 0 radical (unpaired) electrons. The summed E-state index contributed by atoms with van der Waals surface area (Å²) in [6.07, 6.45) is 2.16. The summed E-state index contributed by atoms with van der Waals surface area (Å²) in [4.78, 5) is 26.5. The lowest BCUT2D eigenvalue weighted by Crippen LogP contribution is -2.45. The first kappa shape index (κ1) is 21.7. The van der Waals surface area contributed by atoms with Gasteiger partial charge in [0, 0.05) is 32.1 Å². The van der Waals surface area contributed by atoms with Gasteiger partial charge in [0.15, 0.2) is 5.82 Å². The number of likely N-dealkylation sites (N-methyl/N-ethyl adjacent to an activating group) is 1.